The molecule has 390 valence electrons. The minimum atomic E-state index is -1.95. The van der Waals surface area contributed by atoms with Crippen LogP contribution in [0.1, 0.15) is 215 Å². The van der Waals surface area contributed by atoms with Crippen molar-refractivity contribution in [2.45, 2.75) is 232 Å². The van der Waals surface area contributed by atoms with Crippen molar-refractivity contribution in [1.29, 1.82) is 0 Å². The normalized spacial score (nSPS) is 20.2. The molecule has 0 radical (unpaired) electrons. The molecule has 6 saturated carbocycles. The molecule has 4 aromatic carbocycles. The van der Waals surface area contributed by atoms with Gasteiger partial charge in [0.2, 0.25) is 0 Å². The number of benzene rings is 4. The Hall–Kier alpha value is -2.11. The van der Waals surface area contributed by atoms with Crippen LogP contribution in [0, 0.1) is 12.3 Å². The maximum atomic E-state index is 10.5. The molecule has 0 unspecified atom stereocenters. The molecule has 6 fully saturated rings. The van der Waals surface area contributed by atoms with Crippen molar-refractivity contribution in [3.63, 3.8) is 0 Å². The Balaban J connectivity index is 0.000000141. The molecule has 1 N–H and O–H groups in total. The van der Waals surface area contributed by atoms with Crippen LogP contribution in [0.4, 0.5) is 0 Å². The van der Waals surface area contributed by atoms with Crippen molar-refractivity contribution in [3.05, 3.63) is 149 Å². The number of hydrogen-bond acceptors (Lipinski definition) is 1. The fourth-order valence-electron chi connectivity index (χ4n) is 13.9. The Morgan fingerprint density at radius 1 is 0.403 bits per heavy atom. The molecule has 6 heteroatoms. The van der Waals surface area contributed by atoms with Crippen LogP contribution in [0.3, 0.4) is 0 Å². The first kappa shape index (κ1) is 57.6. The Labute approximate surface area is 454 Å². The monoisotopic (exact) mass is 1130 g/mol. The molecule has 1 nitrogen and oxygen atoms in total. The van der Waals surface area contributed by atoms with Crippen LogP contribution in [0.5, 0.6) is 0 Å². The zero-order valence-electron chi connectivity index (χ0n) is 43.9. The third-order valence-electron chi connectivity index (χ3n) is 17.4. The van der Waals surface area contributed by atoms with E-state index < -0.39 is 19.1 Å². The van der Waals surface area contributed by atoms with Gasteiger partial charge in [-0.25, -0.2) is 0 Å². The molecule has 0 bridgehead atoms. The summed E-state index contributed by atoms with van der Waals surface area (Å²) in [5.74, 6) is 2.47. The Kier molecular flexibility index (Phi) is 26.0. The Bertz CT molecular complexity index is 2010. The average Bonchev–Trinajstić information content (AvgIpc) is 3.46. The van der Waals surface area contributed by atoms with E-state index in [1.807, 2.05) is 121 Å². The van der Waals surface area contributed by atoms with Crippen molar-refractivity contribution in [1.82, 2.24) is 0 Å². The van der Waals surface area contributed by atoms with Crippen LogP contribution >= 0.6 is 35.2 Å². The average molecular weight is 1130 g/mol. The van der Waals surface area contributed by atoms with Crippen molar-refractivity contribution >= 4 is 45.1 Å². The maximum absolute atomic E-state index is 10.5. The predicted molar refractivity (Wildman–Crippen MR) is 318 cm³/mol. The minimum absolute atomic E-state index is 0.0465. The van der Waals surface area contributed by atoms with Crippen molar-refractivity contribution in [3.8, 4) is 12.3 Å². The van der Waals surface area contributed by atoms with Crippen molar-refractivity contribution in [2.24, 2.45) is 0 Å². The predicted octanol–water partition coefficient (Wildman–Crippen LogP) is 19.6. The number of terminal acetylenes is 1. The van der Waals surface area contributed by atoms with Gasteiger partial charge >= 0.3 is 120 Å². The molecule has 0 aliphatic heterocycles. The Morgan fingerprint density at radius 3 is 0.861 bits per heavy atom. The third kappa shape index (κ3) is 18.0. The van der Waals surface area contributed by atoms with Crippen molar-refractivity contribution in [2.75, 3.05) is 0 Å². The summed E-state index contributed by atoms with van der Waals surface area (Å²) in [5, 5.41) is 10.5. The van der Waals surface area contributed by atoms with E-state index in [0.29, 0.717) is 11.1 Å². The second-order valence-electron chi connectivity index (χ2n) is 22.1. The second kappa shape index (κ2) is 32.5. The van der Waals surface area contributed by atoms with Gasteiger partial charge in [0.1, 0.15) is 0 Å². The topological polar surface area (TPSA) is 20.2 Å². The van der Waals surface area contributed by atoms with Gasteiger partial charge in [-0.3, -0.25) is 0 Å². The molecular formula is C66H90Cl2OP2Ru+2. The molecule has 4 aromatic rings. The van der Waals surface area contributed by atoms with Gasteiger partial charge in [-0.2, -0.15) is 0 Å². The quantitative estimate of drug-likeness (QED) is 0.0726. The molecule has 6 aliphatic carbocycles. The van der Waals surface area contributed by atoms with E-state index in [1.54, 1.807) is 193 Å². The molecule has 0 saturated heterocycles. The summed E-state index contributed by atoms with van der Waals surface area (Å²) in [4.78, 5) is 0. The third-order valence-corrected chi connectivity index (χ3v) is 27.9. The second-order valence-corrected chi connectivity index (χ2v) is 34.3. The summed E-state index contributed by atoms with van der Waals surface area (Å²) in [6.45, 7) is 0. The fourth-order valence-corrected chi connectivity index (χ4v) is 25.1. The van der Waals surface area contributed by atoms with Crippen LogP contribution in [-0.4, -0.2) is 43.3 Å². The van der Waals surface area contributed by atoms with Crippen LogP contribution in [0.2, 0.25) is 0 Å². The first-order valence-electron chi connectivity index (χ1n) is 29.0. The van der Waals surface area contributed by atoms with Crippen molar-refractivity contribution < 1.29 is 18.6 Å². The fraction of sp³-hybridized carbons (Fsp3) is 0.561. The van der Waals surface area contributed by atoms with Crippen LogP contribution < -0.4 is 0 Å². The number of hydrogen-bond donors (Lipinski definition) is 1. The first-order valence-corrected chi connectivity index (χ1v) is 37.8. The van der Waals surface area contributed by atoms with E-state index in [0.717, 1.165) is 16.7 Å². The van der Waals surface area contributed by atoms with E-state index >= 15 is 0 Å². The number of aliphatic hydroxyl groups is 1. The van der Waals surface area contributed by atoms with Crippen LogP contribution in [0.25, 0.3) is 5.57 Å². The first-order chi connectivity index (χ1) is 35.4. The number of rotatable bonds is 10. The van der Waals surface area contributed by atoms with Gasteiger partial charge in [0.25, 0.3) is 0 Å². The zero-order chi connectivity index (χ0) is 50.1. The summed E-state index contributed by atoms with van der Waals surface area (Å²) in [7, 11) is 11.5. The summed E-state index contributed by atoms with van der Waals surface area (Å²) < 4.78 is 2.93. The van der Waals surface area contributed by atoms with Crippen LogP contribution in [-0.2, 0) is 19.1 Å². The standard InChI is InChI=1S/2C18H33P.C15H12O.C15H10.2ClH.Ru/c2*1-4-10-16(11-5-1)19(17-12-6-2-7-13-17)18-14-8-3-9-15-18;1-2-15(16,13-9-5-3-6-10-13)14-11-7-4-8-12-14;1-2-15(13-9-5-3-6-10-13)14-11-7-4-8-12-14;;;/h2*16-18H,1-15H2;1,3-12,16H;3-12H;2*1H;/q;;;;;;+2. The molecule has 72 heavy (non-hydrogen) atoms. The molecule has 0 aromatic heterocycles. The summed E-state index contributed by atoms with van der Waals surface area (Å²) >= 11 is -1.95. The van der Waals surface area contributed by atoms with E-state index in [1.165, 1.54) is 34.0 Å². The van der Waals surface area contributed by atoms with Gasteiger partial charge in [-0.1, -0.05) is 105 Å². The van der Waals surface area contributed by atoms with E-state index in [4.69, 9.17) is 25.8 Å². The molecular weight excluding hydrogens is 1040 g/mol. The summed E-state index contributed by atoms with van der Waals surface area (Å²) in [5.41, 5.74) is 13.7. The zero-order valence-corrected chi connectivity index (χ0v) is 49.1. The SMILES string of the molecule is C#CC(O)(c1ccccc1)c1ccccc1.C1CCC([PH+](C2CCCCC2)C2CCCCC2)CC1.C1CCC([PH+](C2CCCCC2)C2CCCCC2)CC1.[Cl][Ru]([Cl])=[C]=C=C(c1ccccc1)c1ccccc1. The van der Waals surface area contributed by atoms with Gasteiger partial charge in [0.05, 0.1) is 34.0 Å². The molecule has 6 aliphatic rings. The molecule has 0 atom stereocenters. The molecule has 0 heterocycles. The van der Waals surface area contributed by atoms with E-state index in [-0.39, 0.29) is 15.8 Å². The van der Waals surface area contributed by atoms with E-state index in [2.05, 4.69) is 15.9 Å². The molecule has 0 amide bonds. The van der Waals surface area contributed by atoms with E-state index in [9.17, 15) is 5.11 Å². The summed E-state index contributed by atoms with van der Waals surface area (Å²) in [6, 6.07) is 38.7. The van der Waals surface area contributed by atoms with Gasteiger partial charge in [-0.15, -0.1) is 6.42 Å². The van der Waals surface area contributed by atoms with Gasteiger partial charge < -0.3 is 5.11 Å². The summed E-state index contributed by atoms with van der Waals surface area (Å²) in [6.07, 6.45) is 53.1. The molecule has 10 rings (SSSR count). The Morgan fingerprint density at radius 2 is 0.639 bits per heavy atom. The van der Waals surface area contributed by atoms with Crippen LogP contribution in [0.15, 0.2) is 127 Å². The van der Waals surface area contributed by atoms with Gasteiger partial charge in [0.15, 0.2) is 5.60 Å². The van der Waals surface area contributed by atoms with Gasteiger partial charge in [0, 0.05) is 27.0 Å². The van der Waals surface area contributed by atoms with Gasteiger partial charge in [-0.05, 0) is 154 Å². The molecule has 0 spiro atoms. The number of halogens is 2.